The molecule has 0 spiro atoms. The van der Waals surface area contributed by atoms with Crippen LogP contribution in [0, 0.1) is 0 Å². The highest BCUT2D eigenvalue weighted by Gasteiger charge is 2.29. The van der Waals surface area contributed by atoms with Gasteiger partial charge in [-0.15, -0.1) is 0 Å². The quantitative estimate of drug-likeness (QED) is 0.921. The summed E-state index contributed by atoms with van der Waals surface area (Å²) in [4.78, 5) is 17.5. The van der Waals surface area contributed by atoms with Crippen molar-refractivity contribution in [3.8, 4) is 11.5 Å². The Labute approximate surface area is 126 Å². The number of carboxylic acids is 1. The molecule has 1 aliphatic heterocycles. The summed E-state index contributed by atoms with van der Waals surface area (Å²) in [6.45, 7) is 1.12. The monoisotopic (exact) mass is 305 g/mol. The molecule has 1 N–H and O–H groups in total. The van der Waals surface area contributed by atoms with E-state index >= 15 is 0 Å². The van der Waals surface area contributed by atoms with E-state index in [0.29, 0.717) is 24.0 Å². The number of hydrogen-bond donors (Lipinski definition) is 1. The highest BCUT2D eigenvalue weighted by Crippen LogP contribution is 2.20. The van der Waals surface area contributed by atoms with E-state index in [-0.39, 0.29) is 0 Å². The predicted molar refractivity (Wildman–Crippen MR) is 78.9 cm³/mol. The Morgan fingerprint density at radius 2 is 2.24 bits per heavy atom. The van der Waals surface area contributed by atoms with Crippen LogP contribution < -0.4 is 0 Å². The average Bonchev–Trinajstić information content (AvgIpc) is 2.97. The molecule has 1 aromatic carbocycles. The molecule has 2 heterocycles. The third kappa shape index (κ3) is 3.25. The largest absolute Gasteiger partial charge is 0.480 e. The van der Waals surface area contributed by atoms with Gasteiger partial charge in [0, 0.05) is 23.6 Å². The van der Waals surface area contributed by atoms with E-state index < -0.39 is 12.0 Å². The number of rotatable bonds is 4. The van der Waals surface area contributed by atoms with E-state index in [2.05, 4.69) is 10.1 Å². The van der Waals surface area contributed by atoms with Gasteiger partial charge in [-0.25, -0.2) is 0 Å². The van der Waals surface area contributed by atoms with Crippen molar-refractivity contribution in [1.82, 2.24) is 15.0 Å². The van der Waals surface area contributed by atoms with E-state index in [1.807, 2.05) is 35.2 Å². The zero-order valence-electron chi connectivity index (χ0n) is 11.3. The molecular formula is C14H15N3O3S. The molecule has 0 amide bonds. The minimum Gasteiger partial charge on any atom is -0.480 e. The van der Waals surface area contributed by atoms with Crippen molar-refractivity contribution >= 4 is 17.7 Å². The van der Waals surface area contributed by atoms with Gasteiger partial charge in [0.15, 0.2) is 5.82 Å². The van der Waals surface area contributed by atoms with Crippen LogP contribution in [0.5, 0.6) is 0 Å². The molecule has 110 valence electrons. The van der Waals surface area contributed by atoms with Crippen LogP contribution >= 0.6 is 11.8 Å². The van der Waals surface area contributed by atoms with Crippen molar-refractivity contribution < 1.29 is 14.4 Å². The van der Waals surface area contributed by atoms with Crippen molar-refractivity contribution in [2.24, 2.45) is 0 Å². The molecule has 0 radical (unpaired) electrons. The summed E-state index contributed by atoms with van der Waals surface area (Å²) in [5.41, 5.74) is 0.861. The lowest BCUT2D eigenvalue weighted by atomic mass is 10.2. The smallest absolute Gasteiger partial charge is 0.321 e. The van der Waals surface area contributed by atoms with Gasteiger partial charge in [0.2, 0.25) is 0 Å². The zero-order chi connectivity index (χ0) is 14.7. The van der Waals surface area contributed by atoms with Crippen molar-refractivity contribution in [3.05, 3.63) is 36.2 Å². The molecule has 21 heavy (non-hydrogen) atoms. The van der Waals surface area contributed by atoms with Crippen molar-refractivity contribution in [2.45, 2.75) is 12.6 Å². The number of carbonyl (C=O) groups is 1. The molecule has 6 nitrogen and oxygen atoms in total. The number of carboxylic acid groups (broad SMARTS) is 1. The van der Waals surface area contributed by atoms with Crippen LogP contribution in [0.4, 0.5) is 0 Å². The maximum Gasteiger partial charge on any atom is 0.321 e. The third-order valence-electron chi connectivity index (χ3n) is 3.36. The molecule has 1 fully saturated rings. The summed E-state index contributed by atoms with van der Waals surface area (Å²) in [5.74, 6) is 1.70. The van der Waals surface area contributed by atoms with Crippen molar-refractivity contribution in [1.29, 1.82) is 0 Å². The lowest BCUT2D eigenvalue weighted by molar-refractivity contribution is -0.142. The Hall–Kier alpha value is -1.86. The van der Waals surface area contributed by atoms with E-state index in [9.17, 15) is 9.90 Å². The van der Waals surface area contributed by atoms with Crippen molar-refractivity contribution in [2.75, 3.05) is 18.1 Å². The average molecular weight is 305 g/mol. The highest BCUT2D eigenvalue weighted by molar-refractivity contribution is 7.99. The number of benzene rings is 1. The molecule has 1 atom stereocenters. The lowest BCUT2D eigenvalue weighted by Gasteiger charge is -2.31. The molecule has 0 saturated carbocycles. The highest BCUT2D eigenvalue weighted by atomic mass is 32.2. The molecule has 2 aromatic rings. The van der Waals surface area contributed by atoms with Crippen molar-refractivity contribution in [3.63, 3.8) is 0 Å². The van der Waals surface area contributed by atoms with E-state index in [0.717, 1.165) is 17.9 Å². The van der Waals surface area contributed by atoms with Crippen LogP contribution in [0.3, 0.4) is 0 Å². The first kappa shape index (κ1) is 14.1. The number of aromatic nitrogens is 2. The van der Waals surface area contributed by atoms with Gasteiger partial charge in [-0.05, 0) is 12.1 Å². The van der Waals surface area contributed by atoms with Gasteiger partial charge in [-0.2, -0.15) is 16.7 Å². The molecule has 3 rings (SSSR count). The molecule has 0 bridgehead atoms. The molecule has 7 heteroatoms. The fourth-order valence-corrected chi connectivity index (χ4v) is 3.36. The summed E-state index contributed by atoms with van der Waals surface area (Å²) < 4.78 is 5.25. The SMILES string of the molecule is O=C(O)C1CSCCN1Cc1noc(-c2ccccc2)n1. The Balaban J connectivity index is 1.73. The van der Waals surface area contributed by atoms with E-state index in [1.54, 1.807) is 11.8 Å². The first-order valence-electron chi connectivity index (χ1n) is 6.66. The number of nitrogens with zero attached hydrogens (tertiary/aromatic N) is 3. The van der Waals surface area contributed by atoms with Gasteiger partial charge < -0.3 is 9.63 Å². The van der Waals surface area contributed by atoms with E-state index in [4.69, 9.17) is 4.52 Å². The Bertz CT molecular complexity index is 617. The second kappa shape index (κ2) is 6.28. The molecule has 1 aromatic heterocycles. The number of aliphatic carboxylic acids is 1. The molecular weight excluding hydrogens is 290 g/mol. The van der Waals surface area contributed by atoms with Gasteiger partial charge in [-0.3, -0.25) is 9.69 Å². The molecule has 1 unspecified atom stereocenters. The topological polar surface area (TPSA) is 79.5 Å². The number of thioether (sulfide) groups is 1. The molecule has 1 aliphatic rings. The van der Waals surface area contributed by atoms with Gasteiger partial charge in [0.1, 0.15) is 6.04 Å². The van der Waals surface area contributed by atoms with Crippen LogP contribution in [-0.2, 0) is 11.3 Å². The fraction of sp³-hybridized carbons (Fsp3) is 0.357. The maximum absolute atomic E-state index is 11.3. The van der Waals surface area contributed by atoms with Crippen LogP contribution in [0.15, 0.2) is 34.9 Å². The maximum atomic E-state index is 11.3. The Kier molecular flexibility index (Phi) is 4.21. The first-order valence-corrected chi connectivity index (χ1v) is 7.82. The fourth-order valence-electron chi connectivity index (χ4n) is 2.25. The van der Waals surface area contributed by atoms with Crippen LogP contribution in [-0.4, -0.2) is 50.2 Å². The Morgan fingerprint density at radius 3 is 3.00 bits per heavy atom. The first-order chi connectivity index (χ1) is 10.2. The number of hydrogen-bond acceptors (Lipinski definition) is 6. The summed E-state index contributed by atoms with van der Waals surface area (Å²) >= 11 is 1.66. The molecule has 1 saturated heterocycles. The van der Waals surface area contributed by atoms with E-state index in [1.165, 1.54) is 0 Å². The standard InChI is InChI=1S/C14H15N3O3S/c18-14(19)11-9-21-7-6-17(11)8-12-15-13(20-16-12)10-4-2-1-3-5-10/h1-5,11H,6-9H2,(H,18,19). The second-order valence-corrected chi connectivity index (χ2v) is 5.93. The molecule has 0 aliphatic carbocycles. The van der Waals surface area contributed by atoms with Gasteiger partial charge in [0.25, 0.3) is 5.89 Å². The van der Waals surface area contributed by atoms with Crippen LogP contribution in [0.2, 0.25) is 0 Å². The zero-order valence-corrected chi connectivity index (χ0v) is 12.1. The lowest BCUT2D eigenvalue weighted by Crippen LogP contribution is -2.46. The summed E-state index contributed by atoms with van der Waals surface area (Å²) in [7, 11) is 0. The minimum atomic E-state index is -0.797. The predicted octanol–water partition coefficient (Wildman–Crippen LogP) is 1.74. The summed E-state index contributed by atoms with van der Waals surface area (Å²) in [6, 6.07) is 9.04. The third-order valence-corrected chi connectivity index (χ3v) is 4.38. The minimum absolute atomic E-state index is 0.397. The van der Waals surface area contributed by atoms with Gasteiger partial charge in [0.05, 0.1) is 6.54 Å². The summed E-state index contributed by atoms with van der Waals surface area (Å²) in [6.07, 6.45) is 0. The normalized spacial score (nSPS) is 19.5. The van der Waals surface area contributed by atoms with Crippen LogP contribution in [0.25, 0.3) is 11.5 Å². The Morgan fingerprint density at radius 1 is 1.43 bits per heavy atom. The van der Waals surface area contributed by atoms with Crippen LogP contribution in [0.1, 0.15) is 5.82 Å². The summed E-state index contributed by atoms with van der Waals surface area (Å²) in [5, 5.41) is 13.2. The second-order valence-electron chi connectivity index (χ2n) is 4.78. The van der Waals surface area contributed by atoms with Gasteiger partial charge in [-0.1, -0.05) is 23.4 Å². The van der Waals surface area contributed by atoms with Gasteiger partial charge >= 0.3 is 5.97 Å².